The Bertz CT molecular complexity index is 790. The average Bonchev–Trinajstić information content (AvgIpc) is 3.08. The van der Waals surface area contributed by atoms with E-state index in [0.717, 1.165) is 12.1 Å². The van der Waals surface area contributed by atoms with Crippen molar-refractivity contribution in [2.45, 2.75) is 12.8 Å². The van der Waals surface area contributed by atoms with Crippen molar-refractivity contribution in [2.24, 2.45) is 0 Å². The molecule has 1 aromatic carbocycles. The van der Waals surface area contributed by atoms with Gasteiger partial charge in [0.15, 0.2) is 0 Å². The maximum Gasteiger partial charge on any atom is 0.573 e. The van der Waals surface area contributed by atoms with Crippen molar-refractivity contribution >= 4 is 17.3 Å². The highest BCUT2D eigenvalue weighted by Gasteiger charge is 2.30. The highest BCUT2D eigenvalue weighted by molar-refractivity contribution is 7.07. The molecule has 0 saturated carbocycles. The second kappa shape index (κ2) is 7.47. The average molecular weight is 366 g/mol. The summed E-state index contributed by atoms with van der Waals surface area (Å²) in [5, 5.41) is 5.08. The first-order valence-corrected chi connectivity index (χ1v) is 8.23. The zero-order valence-corrected chi connectivity index (χ0v) is 13.6. The lowest BCUT2D eigenvalue weighted by molar-refractivity contribution is -0.274. The summed E-state index contributed by atoms with van der Waals surface area (Å²) in [6.07, 6.45) is -0.707. The van der Waals surface area contributed by atoms with Crippen molar-refractivity contribution in [3.8, 4) is 16.9 Å². The number of halogens is 3. The normalized spacial score (nSPS) is 11.3. The van der Waals surface area contributed by atoms with E-state index < -0.39 is 6.36 Å². The number of hydrogen-bond acceptors (Lipinski definition) is 6. The van der Waals surface area contributed by atoms with Crippen LogP contribution in [-0.4, -0.2) is 27.9 Å². The first-order valence-electron chi connectivity index (χ1n) is 7.29. The Morgan fingerprint density at radius 3 is 2.32 bits per heavy atom. The molecule has 2 heterocycles. The lowest BCUT2D eigenvalue weighted by Gasteiger charge is -2.09. The number of aromatic nitrogens is 3. The number of hydrogen-bond donors (Lipinski definition) is 1. The maximum atomic E-state index is 12.1. The van der Waals surface area contributed by atoms with Crippen LogP contribution in [0.5, 0.6) is 5.75 Å². The molecule has 25 heavy (non-hydrogen) atoms. The van der Waals surface area contributed by atoms with E-state index in [0.29, 0.717) is 23.6 Å². The molecule has 0 aliphatic rings. The molecular weight excluding hydrogens is 353 g/mol. The summed E-state index contributed by atoms with van der Waals surface area (Å²) in [4.78, 5) is 12.6. The van der Waals surface area contributed by atoms with E-state index in [2.05, 4.69) is 25.0 Å². The third-order valence-electron chi connectivity index (χ3n) is 3.22. The minimum absolute atomic E-state index is 0.266. The van der Waals surface area contributed by atoms with Gasteiger partial charge in [-0.25, -0.2) is 15.0 Å². The van der Waals surface area contributed by atoms with E-state index >= 15 is 0 Å². The second-order valence-corrected chi connectivity index (χ2v) is 5.74. The van der Waals surface area contributed by atoms with Crippen LogP contribution in [0.25, 0.3) is 11.1 Å². The Labute approximate surface area is 145 Å². The number of thiazole rings is 1. The van der Waals surface area contributed by atoms with E-state index in [1.807, 2.05) is 5.38 Å². The molecule has 0 aliphatic heterocycles. The van der Waals surface area contributed by atoms with Gasteiger partial charge in [-0.3, -0.25) is 0 Å². The quantitative estimate of drug-likeness (QED) is 0.710. The van der Waals surface area contributed by atoms with Crippen molar-refractivity contribution in [1.29, 1.82) is 0 Å². The van der Waals surface area contributed by atoms with E-state index in [1.165, 1.54) is 24.3 Å². The third-order valence-corrected chi connectivity index (χ3v) is 3.86. The number of rotatable bonds is 6. The fraction of sp³-hybridized carbons (Fsp3) is 0.188. The monoisotopic (exact) mass is 366 g/mol. The molecule has 2 aromatic heterocycles. The first-order chi connectivity index (χ1) is 12.0. The Hall–Kier alpha value is -2.68. The van der Waals surface area contributed by atoms with Gasteiger partial charge in [0.05, 0.1) is 11.2 Å². The van der Waals surface area contributed by atoms with Crippen molar-refractivity contribution in [2.75, 3.05) is 11.9 Å². The van der Waals surface area contributed by atoms with E-state index in [9.17, 15) is 13.2 Å². The predicted octanol–water partition coefficient (Wildman–Crippen LogP) is 4.15. The molecule has 1 N–H and O–H groups in total. The molecule has 3 aromatic rings. The molecule has 0 radical (unpaired) electrons. The number of anilines is 1. The van der Waals surface area contributed by atoms with Crippen LogP contribution in [0.3, 0.4) is 0 Å². The minimum Gasteiger partial charge on any atom is -0.406 e. The van der Waals surface area contributed by atoms with Gasteiger partial charge in [0, 0.05) is 36.3 Å². The second-order valence-electron chi connectivity index (χ2n) is 5.02. The predicted molar refractivity (Wildman–Crippen MR) is 88.5 cm³/mol. The van der Waals surface area contributed by atoms with Crippen molar-refractivity contribution in [3.05, 3.63) is 53.2 Å². The highest BCUT2D eigenvalue weighted by Crippen LogP contribution is 2.26. The molecule has 0 atom stereocenters. The van der Waals surface area contributed by atoms with Crippen LogP contribution in [0.2, 0.25) is 0 Å². The fourth-order valence-corrected chi connectivity index (χ4v) is 2.67. The lowest BCUT2D eigenvalue weighted by atomic mass is 10.1. The van der Waals surface area contributed by atoms with Crippen LogP contribution in [0.1, 0.15) is 5.69 Å². The molecule has 0 aliphatic carbocycles. The molecule has 0 bridgehead atoms. The van der Waals surface area contributed by atoms with Gasteiger partial charge in [-0.05, 0) is 17.7 Å². The fourth-order valence-electron chi connectivity index (χ4n) is 2.08. The number of alkyl halides is 3. The number of nitrogens with zero attached hydrogens (tertiary/aromatic N) is 3. The molecule has 0 spiro atoms. The van der Waals surface area contributed by atoms with Crippen LogP contribution in [0.15, 0.2) is 47.5 Å². The summed E-state index contributed by atoms with van der Waals surface area (Å²) in [6, 6.07) is 5.55. The van der Waals surface area contributed by atoms with Gasteiger partial charge < -0.3 is 10.1 Å². The minimum atomic E-state index is -4.70. The number of ether oxygens (including phenoxy) is 1. The largest absolute Gasteiger partial charge is 0.573 e. The Morgan fingerprint density at radius 1 is 1.00 bits per heavy atom. The van der Waals surface area contributed by atoms with Gasteiger partial charge >= 0.3 is 6.36 Å². The Kier molecular flexibility index (Phi) is 5.13. The summed E-state index contributed by atoms with van der Waals surface area (Å²) in [6.45, 7) is 0.659. The van der Waals surface area contributed by atoms with Gasteiger partial charge in [0.1, 0.15) is 5.75 Å². The summed E-state index contributed by atoms with van der Waals surface area (Å²) in [7, 11) is 0. The summed E-state index contributed by atoms with van der Waals surface area (Å²) >= 11 is 1.55. The van der Waals surface area contributed by atoms with Crippen molar-refractivity contribution in [1.82, 2.24) is 15.0 Å². The zero-order valence-electron chi connectivity index (χ0n) is 12.8. The third kappa shape index (κ3) is 5.15. The molecule has 0 fully saturated rings. The van der Waals surface area contributed by atoms with Gasteiger partial charge in [-0.2, -0.15) is 0 Å². The summed E-state index contributed by atoms with van der Waals surface area (Å²) in [5.41, 5.74) is 4.19. The molecular formula is C16H13F3N4OS. The number of benzene rings is 1. The zero-order chi connectivity index (χ0) is 17.7. The topological polar surface area (TPSA) is 59.9 Å². The van der Waals surface area contributed by atoms with Crippen molar-refractivity contribution < 1.29 is 17.9 Å². The maximum absolute atomic E-state index is 12.1. The van der Waals surface area contributed by atoms with Crippen LogP contribution in [0.4, 0.5) is 19.1 Å². The molecule has 0 saturated heterocycles. The Morgan fingerprint density at radius 2 is 1.72 bits per heavy atom. The molecule has 0 amide bonds. The molecule has 3 rings (SSSR count). The molecule has 130 valence electrons. The molecule has 0 unspecified atom stereocenters. The smallest absolute Gasteiger partial charge is 0.406 e. The van der Waals surface area contributed by atoms with Gasteiger partial charge in [0.25, 0.3) is 0 Å². The van der Waals surface area contributed by atoms with Crippen LogP contribution < -0.4 is 10.1 Å². The van der Waals surface area contributed by atoms with Crippen molar-refractivity contribution in [3.63, 3.8) is 0 Å². The summed E-state index contributed by atoms with van der Waals surface area (Å²) in [5.74, 6) is 0.216. The van der Waals surface area contributed by atoms with E-state index in [1.54, 1.807) is 29.2 Å². The standard InChI is InChI=1S/C16H13F3N4OS/c17-16(18,19)24-14-3-1-11(2-4-14)12-7-21-15(22-8-12)20-6-5-13-9-25-10-23-13/h1-4,7-10H,5-6H2,(H,20,21,22). The highest BCUT2D eigenvalue weighted by atomic mass is 32.1. The first kappa shape index (κ1) is 17.2. The SMILES string of the molecule is FC(F)(F)Oc1ccc(-c2cnc(NCCc3cscn3)nc2)cc1. The molecule has 5 nitrogen and oxygen atoms in total. The van der Waals surface area contributed by atoms with Gasteiger partial charge in [-0.1, -0.05) is 12.1 Å². The van der Waals surface area contributed by atoms with Crippen LogP contribution in [0, 0.1) is 0 Å². The number of nitrogens with one attached hydrogen (secondary N) is 1. The van der Waals surface area contributed by atoms with Gasteiger partial charge in [-0.15, -0.1) is 24.5 Å². The Balaban J connectivity index is 1.58. The summed E-state index contributed by atoms with van der Waals surface area (Å²) < 4.78 is 40.3. The van der Waals surface area contributed by atoms with Gasteiger partial charge in [0.2, 0.25) is 5.95 Å². The lowest BCUT2D eigenvalue weighted by Crippen LogP contribution is -2.16. The van der Waals surface area contributed by atoms with Crippen LogP contribution >= 0.6 is 11.3 Å². The van der Waals surface area contributed by atoms with E-state index in [-0.39, 0.29) is 5.75 Å². The molecule has 9 heteroatoms. The van der Waals surface area contributed by atoms with E-state index in [4.69, 9.17) is 0 Å². The van der Waals surface area contributed by atoms with Crippen LogP contribution in [-0.2, 0) is 6.42 Å².